The van der Waals surface area contributed by atoms with Gasteiger partial charge in [-0.3, -0.25) is 0 Å². The highest BCUT2D eigenvalue weighted by atomic mass is 14.6. The third-order valence-corrected chi connectivity index (χ3v) is 2.14. The second-order valence-corrected chi connectivity index (χ2v) is 3.49. The van der Waals surface area contributed by atoms with Gasteiger partial charge >= 0.3 is 0 Å². The molecule has 2 heteroatoms. The van der Waals surface area contributed by atoms with Gasteiger partial charge in [-0.2, -0.15) is 0 Å². The summed E-state index contributed by atoms with van der Waals surface area (Å²) in [5, 5.41) is 0. The molecule has 0 unspecified atom stereocenters. The molecule has 72 valence electrons. The van der Waals surface area contributed by atoms with Gasteiger partial charge in [-0.25, -0.2) is 0 Å². The van der Waals surface area contributed by atoms with Gasteiger partial charge in [-0.15, -0.1) is 0 Å². The van der Waals surface area contributed by atoms with E-state index in [0.29, 0.717) is 0 Å². The summed E-state index contributed by atoms with van der Waals surface area (Å²) in [4.78, 5) is 0. The summed E-state index contributed by atoms with van der Waals surface area (Å²) in [5.74, 6) is 0. The minimum Gasteiger partial charge on any atom is -0.399 e. The van der Waals surface area contributed by atoms with E-state index in [1.54, 1.807) is 0 Å². The lowest BCUT2D eigenvalue weighted by molar-refractivity contribution is 0.600. The van der Waals surface area contributed by atoms with Crippen LogP contribution < -0.4 is 11.5 Å². The fraction of sp³-hybridized carbons (Fsp3) is 0.455. The zero-order valence-electron chi connectivity index (χ0n) is 8.16. The van der Waals surface area contributed by atoms with E-state index in [1.807, 2.05) is 24.3 Å². The van der Waals surface area contributed by atoms with Crippen molar-refractivity contribution < 1.29 is 0 Å². The van der Waals surface area contributed by atoms with Crippen molar-refractivity contribution in [3.63, 3.8) is 0 Å². The molecule has 0 amide bonds. The molecule has 0 aliphatic rings. The molecule has 13 heavy (non-hydrogen) atoms. The molecule has 0 aromatic heterocycles. The quantitative estimate of drug-likeness (QED) is 0.692. The summed E-state index contributed by atoms with van der Waals surface area (Å²) in [7, 11) is 0. The Balaban J connectivity index is 2.49. The molecule has 1 aromatic rings. The molecule has 0 aliphatic carbocycles. The number of anilines is 1. The van der Waals surface area contributed by atoms with Crippen LogP contribution in [0.3, 0.4) is 0 Å². The second-order valence-electron chi connectivity index (χ2n) is 3.49. The normalized spacial score (nSPS) is 12.8. The van der Waals surface area contributed by atoms with Crippen molar-refractivity contribution >= 4 is 5.69 Å². The summed E-state index contributed by atoms with van der Waals surface area (Å²) >= 11 is 0. The van der Waals surface area contributed by atoms with Gasteiger partial charge in [0.05, 0.1) is 0 Å². The first-order valence-electron chi connectivity index (χ1n) is 4.82. The molecule has 1 atom stereocenters. The van der Waals surface area contributed by atoms with E-state index in [2.05, 4.69) is 6.92 Å². The Morgan fingerprint density at radius 2 is 1.85 bits per heavy atom. The zero-order chi connectivity index (χ0) is 9.68. The van der Waals surface area contributed by atoms with Crippen LogP contribution in [-0.4, -0.2) is 6.04 Å². The maximum absolute atomic E-state index is 5.92. The molecule has 0 radical (unpaired) electrons. The van der Waals surface area contributed by atoms with Crippen molar-refractivity contribution in [3.05, 3.63) is 29.8 Å². The Morgan fingerprint density at radius 1 is 1.23 bits per heavy atom. The maximum Gasteiger partial charge on any atom is 0.0314 e. The van der Waals surface area contributed by atoms with E-state index in [-0.39, 0.29) is 6.04 Å². The van der Waals surface area contributed by atoms with Crippen LogP contribution in [0.1, 0.15) is 25.3 Å². The number of hydrogen-bond acceptors (Lipinski definition) is 2. The largest absolute Gasteiger partial charge is 0.399 e. The van der Waals surface area contributed by atoms with Crippen molar-refractivity contribution in [1.82, 2.24) is 0 Å². The summed E-state index contributed by atoms with van der Waals surface area (Å²) < 4.78 is 0. The smallest absolute Gasteiger partial charge is 0.0314 e. The molecular formula is C11H18N2. The molecule has 0 saturated heterocycles. The van der Waals surface area contributed by atoms with Gasteiger partial charge in [0.2, 0.25) is 0 Å². The van der Waals surface area contributed by atoms with Crippen LogP contribution in [0.2, 0.25) is 0 Å². The Morgan fingerprint density at radius 3 is 2.38 bits per heavy atom. The average molecular weight is 178 g/mol. The van der Waals surface area contributed by atoms with E-state index >= 15 is 0 Å². The number of nitrogens with two attached hydrogens (primary N) is 2. The fourth-order valence-corrected chi connectivity index (χ4v) is 1.43. The first kappa shape index (κ1) is 10.1. The molecule has 0 spiro atoms. The van der Waals surface area contributed by atoms with Crippen LogP contribution in [0.25, 0.3) is 0 Å². The number of rotatable bonds is 4. The topological polar surface area (TPSA) is 52.0 Å². The summed E-state index contributed by atoms with van der Waals surface area (Å²) in [6, 6.07) is 8.23. The minimum atomic E-state index is 0.286. The molecule has 1 rings (SSSR count). The van der Waals surface area contributed by atoms with Gasteiger partial charge in [0.1, 0.15) is 0 Å². The second kappa shape index (κ2) is 4.87. The van der Waals surface area contributed by atoms with Crippen molar-refractivity contribution in [2.45, 2.75) is 32.2 Å². The summed E-state index contributed by atoms with van der Waals surface area (Å²) in [6.45, 7) is 2.16. The van der Waals surface area contributed by atoms with E-state index < -0.39 is 0 Å². The van der Waals surface area contributed by atoms with Crippen LogP contribution in [-0.2, 0) is 6.42 Å². The van der Waals surface area contributed by atoms with Crippen molar-refractivity contribution in [2.24, 2.45) is 5.73 Å². The first-order chi connectivity index (χ1) is 6.22. The number of benzene rings is 1. The number of nitrogen functional groups attached to an aromatic ring is 1. The highest BCUT2D eigenvalue weighted by Gasteiger charge is 2.01. The maximum atomic E-state index is 5.92. The zero-order valence-corrected chi connectivity index (χ0v) is 8.16. The molecule has 0 heterocycles. The third kappa shape index (κ3) is 3.47. The van der Waals surface area contributed by atoms with Gasteiger partial charge in [-0.1, -0.05) is 25.5 Å². The Hall–Kier alpha value is -1.02. The predicted octanol–water partition coefficient (Wildman–Crippen LogP) is 1.94. The van der Waals surface area contributed by atoms with E-state index in [1.165, 1.54) is 5.56 Å². The number of hydrogen-bond donors (Lipinski definition) is 2. The molecule has 0 aliphatic heterocycles. The van der Waals surface area contributed by atoms with Crippen molar-refractivity contribution in [3.8, 4) is 0 Å². The molecule has 2 nitrogen and oxygen atoms in total. The lowest BCUT2D eigenvalue weighted by Gasteiger charge is -2.09. The average Bonchev–Trinajstić information content (AvgIpc) is 2.09. The van der Waals surface area contributed by atoms with E-state index in [9.17, 15) is 0 Å². The van der Waals surface area contributed by atoms with Crippen molar-refractivity contribution in [1.29, 1.82) is 0 Å². The highest BCUT2D eigenvalue weighted by molar-refractivity contribution is 5.39. The molecule has 1 aromatic carbocycles. The lowest BCUT2D eigenvalue weighted by Crippen LogP contribution is -2.22. The summed E-state index contributed by atoms with van der Waals surface area (Å²) in [5.41, 5.74) is 13.6. The van der Waals surface area contributed by atoms with Crippen LogP contribution in [0.5, 0.6) is 0 Å². The van der Waals surface area contributed by atoms with Crippen molar-refractivity contribution in [2.75, 3.05) is 5.73 Å². The molecule has 0 saturated carbocycles. The Labute approximate surface area is 79.9 Å². The standard InChI is InChI=1S/C11H18N2/c1-2-3-11(13)8-9-4-6-10(12)7-5-9/h4-7,11H,2-3,8,12-13H2,1H3/t11-/m1/s1. The van der Waals surface area contributed by atoms with Gasteiger partial charge in [0, 0.05) is 11.7 Å². The molecule has 0 fully saturated rings. The van der Waals surface area contributed by atoms with Crippen LogP contribution in [0, 0.1) is 0 Å². The van der Waals surface area contributed by atoms with E-state index in [4.69, 9.17) is 11.5 Å². The highest BCUT2D eigenvalue weighted by Crippen LogP contribution is 2.08. The van der Waals surface area contributed by atoms with Crippen LogP contribution in [0.15, 0.2) is 24.3 Å². The molecule has 0 bridgehead atoms. The lowest BCUT2D eigenvalue weighted by atomic mass is 10.0. The van der Waals surface area contributed by atoms with Gasteiger partial charge in [-0.05, 0) is 30.5 Å². The predicted molar refractivity (Wildman–Crippen MR) is 57.4 cm³/mol. The van der Waals surface area contributed by atoms with Gasteiger partial charge in [0.25, 0.3) is 0 Å². The first-order valence-corrected chi connectivity index (χ1v) is 4.82. The monoisotopic (exact) mass is 178 g/mol. The Kier molecular flexibility index (Phi) is 3.77. The van der Waals surface area contributed by atoms with E-state index in [0.717, 1.165) is 24.9 Å². The van der Waals surface area contributed by atoms with Crippen LogP contribution >= 0.6 is 0 Å². The van der Waals surface area contributed by atoms with Gasteiger partial charge in [0.15, 0.2) is 0 Å². The minimum absolute atomic E-state index is 0.286. The van der Waals surface area contributed by atoms with Crippen LogP contribution in [0.4, 0.5) is 5.69 Å². The summed E-state index contributed by atoms with van der Waals surface area (Å²) in [6.07, 6.45) is 3.19. The molecule has 4 N–H and O–H groups in total. The van der Waals surface area contributed by atoms with Gasteiger partial charge < -0.3 is 11.5 Å². The SMILES string of the molecule is CCC[C@@H](N)Cc1ccc(N)cc1. The Bertz CT molecular complexity index is 241. The fourth-order valence-electron chi connectivity index (χ4n) is 1.43. The third-order valence-electron chi connectivity index (χ3n) is 2.14. The molecular weight excluding hydrogens is 160 g/mol.